The van der Waals surface area contributed by atoms with Gasteiger partial charge in [-0.25, -0.2) is 0 Å². The van der Waals surface area contributed by atoms with Gasteiger partial charge in [0, 0.05) is 25.7 Å². The van der Waals surface area contributed by atoms with Gasteiger partial charge in [0.15, 0.2) is 0 Å². The van der Waals surface area contributed by atoms with Crippen molar-refractivity contribution >= 4 is 11.6 Å². The monoisotopic (exact) mass is 298 g/mol. The number of amides is 1. The fraction of sp³-hybridized carbons (Fsp3) is 0.632. The van der Waals surface area contributed by atoms with Crippen LogP contribution in [0.4, 0.5) is 5.69 Å². The lowest BCUT2D eigenvalue weighted by atomic mass is 9.97. The van der Waals surface area contributed by atoms with Gasteiger partial charge in [-0.1, -0.05) is 12.1 Å². The minimum Gasteiger partial charge on any atom is -0.367 e. The molecule has 2 saturated carbocycles. The summed E-state index contributed by atoms with van der Waals surface area (Å²) in [5, 5.41) is 0. The summed E-state index contributed by atoms with van der Waals surface area (Å²) in [6.45, 7) is 5.95. The molecular formula is C19H26N2O. The molecule has 1 saturated heterocycles. The number of nitrogens with zero attached hydrogens (tertiary/aromatic N) is 2. The van der Waals surface area contributed by atoms with E-state index in [9.17, 15) is 4.79 Å². The van der Waals surface area contributed by atoms with Crippen LogP contribution in [-0.2, 0) is 4.79 Å². The molecule has 2 unspecified atom stereocenters. The third-order valence-corrected chi connectivity index (χ3v) is 5.59. The zero-order valence-electron chi connectivity index (χ0n) is 13.7. The minimum absolute atomic E-state index is 0.290. The number of carbonyl (C=O) groups excluding carboxylic acids is 1. The lowest BCUT2D eigenvalue weighted by molar-refractivity contribution is -0.135. The van der Waals surface area contributed by atoms with Gasteiger partial charge in [-0.3, -0.25) is 4.79 Å². The number of carbonyl (C=O) groups is 1. The minimum atomic E-state index is 0.290. The molecule has 0 aromatic heterocycles. The van der Waals surface area contributed by atoms with Gasteiger partial charge in [-0.2, -0.15) is 0 Å². The molecule has 4 rings (SSSR count). The summed E-state index contributed by atoms with van der Waals surface area (Å²) >= 11 is 0. The molecule has 0 N–H and O–H groups in total. The zero-order valence-corrected chi connectivity index (χ0v) is 13.7. The van der Waals surface area contributed by atoms with Crippen LogP contribution in [0.15, 0.2) is 24.3 Å². The molecular weight excluding hydrogens is 272 g/mol. The van der Waals surface area contributed by atoms with Crippen LogP contribution in [-0.4, -0.2) is 36.0 Å². The molecule has 0 bridgehead atoms. The van der Waals surface area contributed by atoms with E-state index in [1.807, 2.05) is 0 Å². The molecule has 0 spiro atoms. The van der Waals surface area contributed by atoms with Crippen molar-refractivity contribution in [1.29, 1.82) is 0 Å². The van der Waals surface area contributed by atoms with E-state index in [0.717, 1.165) is 24.9 Å². The lowest BCUT2D eigenvalue weighted by Crippen LogP contribution is -2.61. The SMILES string of the molecule is CC(=O)N1C(C2CC2)CN(c2cccc(C)c2)CC1C1CC1. The Labute approximate surface area is 133 Å². The first-order valence-corrected chi connectivity index (χ1v) is 8.74. The summed E-state index contributed by atoms with van der Waals surface area (Å²) in [5.74, 6) is 1.76. The van der Waals surface area contributed by atoms with Crippen LogP contribution in [0.3, 0.4) is 0 Å². The molecule has 118 valence electrons. The molecule has 1 amide bonds. The van der Waals surface area contributed by atoms with Crippen molar-refractivity contribution in [2.75, 3.05) is 18.0 Å². The fourth-order valence-corrected chi connectivity index (χ4v) is 4.16. The first-order valence-electron chi connectivity index (χ1n) is 8.74. The van der Waals surface area contributed by atoms with E-state index in [0.29, 0.717) is 12.1 Å². The molecule has 2 atom stereocenters. The number of rotatable bonds is 3. The van der Waals surface area contributed by atoms with Crippen molar-refractivity contribution in [2.24, 2.45) is 11.8 Å². The molecule has 22 heavy (non-hydrogen) atoms. The van der Waals surface area contributed by atoms with Crippen LogP contribution in [0.1, 0.15) is 38.2 Å². The van der Waals surface area contributed by atoms with Crippen molar-refractivity contribution < 1.29 is 4.79 Å². The molecule has 1 heterocycles. The topological polar surface area (TPSA) is 23.6 Å². The van der Waals surface area contributed by atoms with Gasteiger partial charge < -0.3 is 9.80 Å². The number of hydrogen-bond acceptors (Lipinski definition) is 2. The van der Waals surface area contributed by atoms with Gasteiger partial charge in [0.1, 0.15) is 0 Å². The molecule has 3 aliphatic rings. The molecule has 3 nitrogen and oxygen atoms in total. The van der Waals surface area contributed by atoms with Gasteiger partial charge in [-0.05, 0) is 62.1 Å². The Balaban J connectivity index is 1.63. The Kier molecular flexibility index (Phi) is 3.39. The van der Waals surface area contributed by atoms with E-state index in [4.69, 9.17) is 0 Å². The maximum atomic E-state index is 12.3. The molecule has 0 radical (unpaired) electrons. The van der Waals surface area contributed by atoms with Crippen LogP contribution < -0.4 is 4.90 Å². The Bertz CT molecular complexity index is 555. The van der Waals surface area contributed by atoms with Crippen molar-refractivity contribution in [3.05, 3.63) is 29.8 Å². The molecule has 2 aliphatic carbocycles. The zero-order chi connectivity index (χ0) is 15.3. The second kappa shape index (κ2) is 5.29. The Morgan fingerprint density at radius 3 is 2.09 bits per heavy atom. The van der Waals surface area contributed by atoms with Crippen molar-refractivity contribution in [3.63, 3.8) is 0 Å². The van der Waals surface area contributed by atoms with E-state index in [1.165, 1.54) is 36.9 Å². The van der Waals surface area contributed by atoms with E-state index in [1.54, 1.807) is 6.92 Å². The first-order chi connectivity index (χ1) is 10.6. The van der Waals surface area contributed by atoms with Gasteiger partial charge in [0.2, 0.25) is 5.91 Å². The third kappa shape index (κ3) is 2.62. The summed E-state index contributed by atoms with van der Waals surface area (Å²) in [4.78, 5) is 17.1. The number of anilines is 1. The van der Waals surface area contributed by atoms with E-state index >= 15 is 0 Å². The van der Waals surface area contributed by atoms with Gasteiger partial charge in [0.25, 0.3) is 0 Å². The highest BCUT2D eigenvalue weighted by Crippen LogP contribution is 2.44. The Morgan fingerprint density at radius 2 is 1.64 bits per heavy atom. The average molecular weight is 298 g/mol. The number of hydrogen-bond donors (Lipinski definition) is 0. The van der Waals surface area contributed by atoms with E-state index in [2.05, 4.69) is 41.0 Å². The summed E-state index contributed by atoms with van der Waals surface area (Å²) in [7, 11) is 0. The molecule has 1 aromatic rings. The fourth-order valence-electron chi connectivity index (χ4n) is 4.16. The molecule has 1 aromatic carbocycles. The maximum absolute atomic E-state index is 12.3. The van der Waals surface area contributed by atoms with Crippen molar-refractivity contribution in [2.45, 2.75) is 51.6 Å². The normalized spacial score (nSPS) is 28.8. The molecule has 3 fully saturated rings. The second-order valence-corrected chi connectivity index (χ2v) is 7.48. The Morgan fingerprint density at radius 1 is 1.05 bits per heavy atom. The van der Waals surface area contributed by atoms with Crippen LogP contribution in [0, 0.1) is 18.8 Å². The Hall–Kier alpha value is -1.51. The van der Waals surface area contributed by atoms with Crippen LogP contribution >= 0.6 is 0 Å². The number of piperazine rings is 1. The quantitative estimate of drug-likeness (QED) is 0.855. The highest BCUT2D eigenvalue weighted by molar-refractivity contribution is 5.75. The summed E-state index contributed by atoms with van der Waals surface area (Å²) in [5.41, 5.74) is 2.65. The maximum Gasteiger partial charge on any atom is 0.220 e. The van der Waals surface area contributed by atoms with Crippen LogP contribution in [0.25, 0.3) is 0 Å². The highest BCUT2D eigenvalue weighted by Gasteiger charge is 2.48. The third-order valence-electron chi connectivity index (χ3n) is 5.59. The first kappa shape index (κ1) is 14.1. The number of aryl methyl sites for hydroxylation is 1. The molecule has 1 aliphatic heterocycles. The average Bonchev–Trinajstić information content (AvgIpc) is 3.39. The highest BCUT2D eigenvalue weighted by atomic mass is 16.2. The van der Waals surface area contributed by atoms with Crippen molar-refractivity contribution in [1.82, 2.24) is 4.90 Å². The van der Waals surface area contributed by atoms with Crippen LogP contribution in [0.5, 0.6) is 0 Å². The summed E-state index contributed by atoms with van der Waals surface area (Å²) in [6.07, 6.45) is 5.20. The van der Waals surface area contributed by atoms with Crippen LogP contribution in [0.2, 0.25) is 0 Å². The summed E-state index contributed by atoms with van der Waals surface area (Å²) in [6, 6.07) is 9.68. The van der Waals surface area contributed by atoms with Crippen molar-refractivity contribution in [3.8, 4) is 0 Å². The predicted octanol–water partition coefficient (Wildman–Crippen LogP) is 3.22. The van der Waals surface area contributed by atoms with Gasteiger partial charge in [-0.15, -0.1) is 0 Å². The predicted molar refractivity (Wildman–Crippen MR) is 88.9 cm³/mol. The second-order valence-electron chi connectivity index (χ2n) is 7.48. The summed E-state index contributed by atoms with van der Waals surface area (Å²) < 4.78 is 0. The smallest absolute Gasteiger partial charge is 0.220 e. The largest absolute Gasteiger partial charge is 0.367 e. The van der Waals surface area contributed by atoms with Gasteiger partial charge >= 0.3 is 0 Å². The standard InChI is InChI=1S/C19H26N2O/c1-13-4-3-5-17(10-13)20-11-18(15-6-7-15)21(14(2)22)19(12-20)16-8-9-16/h3-5,10,15-16,18-19H,6-9,11-12H2,1-2H3. The van der Waals surface area contributed by atoms with Gasteiger partial charge in [0.05, 0.1) is 12.1 Å². The van der Waals surface area contributed by atoms with E-state index in [-0.39, 0.29) is 5.91 Å². The lowest BCUT2D eigenvalue weighted by Gasteiger charge is -2.48. The molecule has 3 heteroatoms. The van der Waals surface area contributed by atoms with E-state index < -0.39 is 0 Å². The number of benzene rings is 1.